The molecule has 124 valence electrons. The molecule has 2 N–H and O–H groups in total. The zero-order chi connectivity index (χ0) is 17.5. The van der Waals surface area contributed by atoms with E-state index in [0.29, 0.717) is 17.0 Å². The van der Waals surface area contributed by atoms with Crippen LogP contribution < -0.4 is 15.4 Å². The minimum Gasteiger partial charge on any atom is -0.496 e. The van der Waals surface area contributed by atoms with Gasteiger partial charge in [-0.1, -0.05) is 15.9 Å². The highest BCUT2D eigenvalue weighted by Gasteiger charge is 2.04. The lowest BCUT2D eigenvalue weighted by molar-refractivity contribution is -0.111. The van der Waals surface area contributed by atoms with Gasteiger partial charge in [-0.3, -0.25) is 9.59 Å². The molecule has 0 fully saturated rings. The Morgan fingerprint density at radius 2 is 1.83 bits per heavy atom. The Morgan fingerprint density at radius 3 is 2.46 bits per heavy atom. The zero-order valence-corrected chi connectivity index (χ0v) is 14.9. The van der Waals surface area contributed by atoms with Crippen LogP contribution in [0.25, 0.3) is 6.08 Å². The van der Waals surface area contributed by atoms with Crippen LogP contribution in [0, 0.1) is 0 Å². The number of methoxy groups -OCH3 is 1. The topological polar surface area (TPSA) is 67.4 Å². The van der Waals surface area contributed by atoms with Gasteiger partial charge in [0.2, 0.25) is 5.91 Å². The van der Waals surface area contributed by atoms with E-state index in [4.69, 9.17) is 4.74 Å². The van der Waals surface area contributed by atoms with Crippen LogP contribution in [0.5, 0.6) is 5.75 Å². The molecule has 0 bridgehead atoms. The second-order valence-corrected chi connectivity index (χ2v) is 5.78. The summed E-state index contributed by atoms with van der Waals surface area (Å²) in [5, 5.41) is 5.28. The lowest BCUT2D eigenvalue weighted by Gasteiger charge is -2.06. The van der Waals surface area contributed by atoms with Crippen LogP contribution in [0.1, 0.15) is 15.9 Å². The minimum atomic E-state index is -0.273. The molecule has 5 nitrogen and oxygen atoms in total. The molecule has 2 rings (SSSR count). The van der Waals surface area contributed by atoms with Crippen molar-refractivity contribution < 1.29 is 14.3 Å². The quantitative estimate of drug-likeness (QED) is 0.770. The summed E-state index contributed by atoms with van der Waals surface area (Å²) >= 11 is 3.39. The van der Waals surface area contributed by atoms with Gasteiger partial charge >= 0.3 is 0 Å². The van der Waals surface area contributed by atoms with Crippen LogP contribution in [-0.4, -0.2) is 26.0 Å². The Morgan fingerprint density at radius 1 is 1.12 bits per heavy atom. The number of benzene rings is 2. The van der Waals surface area contributed by atoms with Crippen molar-refractivity contribution in [3.63, 3.8) is 0 Å². The van der Waals surface area contributed by atoms with Crippen LogP contribution in [-0.2, 0) is 4.79 Å². The molecule has 0 unspecified atom stereocenters. The highest BCUT2D eigenvalue weighted by molar-refractivity contribution is 9.10. The first-order chi connectivity index (χ1) is 11.5. The Kier molecular flexibility index (Phi) is 6.14. The van der Waals surface area contributed by atoms with E-state index in [-0.39, 0.29) is 11.8 Å². The second-order valence-electron chi connectivity index (χ2n) is 4.87. The molecule has 0 aliphatic carbocycles. The highest BCUT2D eigenvalue weighted by Crippen LogP contribution is 2.24. The van der Waals surface area contributed by atoms with E-state index in [0.717, 1.165) is 10.0 Å². The Hall–Kier alpha value is -2.60. The largest absolute Gasteiger partial charge is 0.496 e. The monoisotopic (exact) mass is 388 g/mol. The molecule has 0 spiro atoms. The van der Waals surface area contributed by atoms with E-state index in [1.54, 1.807) is 44.5 Å². The Labute approximate surface area is 148 Å². The van der Waals surface area contributed by atoms with Crippen LogP contribution in [0.2, 0.25) is 0 Å². The molecule has 2 amide bonds. The van der Waals surface area contributed by atoms with Gasteiger partial charge in [0.1, 0.15) is 5.75 Å². The summed E-state index contributed by atoms with van der Waals surface area (Å²) in [4.78, 5) is 23.5. The zero-order valence-electron chi connectivity index (χ0n) is 13.3. The number of anilines is 1. The summed E-state index contributed by atoms with van der Waals surface area (Å²) in [5.74, 6) is 0.233. The van der Waals surface area contributed by atoms with Crippen molar-refractivity contribution in [2.45, 2.75) is 0 Å². The average Bonchev–Trinajstić information content (AvgIpc) is 2.60. The van der Waals surface area contributed by atoms with Gasteiger partial charge in [0.25, 0.3) is 5.91 Å². The lowest BCUT2D eigenvalue weighted by Crippen LogP contribution is -2.17. The minimum absolute atomic E-state index is 0.172. The number of hydrogen-bond acceptors (Lipinski definition) is 3. The van der Waals surface area contributed by atoms with Gasteiger partial charge in [0, 0.05) is 34.4 Å². The molecule has 6 heteroatoms. The summed E-state index contributed by atoms with van der Waals surface area (Å²) < 4.78 is 6.15. The Balaban J connectivity index is 2.05. The summed E-state index contributed by atoms with van der Waals surface area (Å²) in [6, 6.07) is 12.2. The summed E-state index contributed by atoms with van der Waals surface area (Å²) in [6.45, 7) is 0. The van der Waals surface area contributed by atoms with E-state index in [1.807, 2.05) is 18.2 Å². The molecule has 0 aromatic heterocycles. The third-order valence-electron chi connectivity index (χ3n) is 3.25. The number of amides is 2. The molecule has 0 saturated carbocycles. The van der Waals surface area contributed by atoms with Crippen molar-refractivity contribution in [2.24, 2.45) is 0 Å². The third-order valence-corrected chi connectivity index (χ3v) is 3.74. The summed E-state index contributed by atoms with van der Waals surface area (Å²) in [6.07, 6.45) is 3.11. The van der Waals surface area contributed by atoms with Crippen LogP contribution >= 0.6 is 15.9 Å². The fourth-order valence-electron chi connectivity index (χ4n) is 2.03. The standard InChI is InChI=1S/C18H17BrN2O3/c1-20-18(23)12-3-7-15(8-4-12)21-17(22)10-5-13-11-14(19)6-9-16(13)24-2/h3-11H,1-2H3,(H,20,23)(H,21,22)/b10-5+. The van der Waals surface area contributed by atoms with E-state index in [2.05, 4.69) is 26.6 Å². The molecule has 0 aliphatic heterocycles. The predicted molar refractivity (Wildman–Crippen MR) is 98.2 cm³/mol. The van der Waals surface area contributed by atoms with Crippen molar-refractivity contribution >= 4 is 39.5 Å². The molecule has 0 atom stereocenters. The first-order valence-corrected chi connectivity index (χ1v) is 7.97. The van der Waals surface area contributed by atoms with E-state index >= 15 is 0 Å². The molecule has 0 saturated heterocycles. The van der Waals surface area contributed by atoms with Gasteiger partial charge in [-0.25, -0.2) is 0 Å². The number of halogens is 1. The molecule has 24 heavy (non-hydrogen) atoms. The number of nitrogens with one attached hydrogen (secondary N) is 2. The van der Waals surface area contributed by atoms with Gasteiger partial charge in [0.05, 0.1) is 7.11 Å². The van der Waals surface area contributed by atoms with Crippen molar-refractivity contribution in [2.75, 3.05) is 19.5 Å². The third kappa shape index (κ3) is 4.70. The molecule has 0 radical (unpaired) electrons. The van der Waals surface area contributed by atoms with Crippen LogP contribution in [0.15, 0.2) is 53.0 Å². The van der Waals surface area contributed by atoms with Crippen LogP contribution in [0.4, 0.5) is 5.69 Å². The Bertz CT molecular complexity index is 770. The first kappa shape index (κ1) is 17.7. The first-order valence-electron chi connectivity index (χ1n) is 7.18. The van der Waals surface area contributed by atoms with Gasteiger partial charge < -0.3 is 15.4 Å². The van der Waals surface area contributed by atoms with Gasteiger partial charge in [-0.2, -0.15) is 0 Å². The number of ether oxygens (including phenoxy) is 1. The number of carbonyl (C=O) groups excluding carboxylic acids is 2. The lowest BCUT2D eigenvalue weighted by atomic mass is 10.2. The van der Waals surface area contributed by atoms with Crippen molar-refractivity contribution in [3.8, 4) is 5.75 Å². The van der Waals surface area contributed by atoms with E-state index < -0.39 is 0 Å². The average molecular weight is 389 g/mol. The van der Waals surface area contributed by atoms with E-state index in [9.17, 15) is 9.59 Å². The SMILES string of the molecule is CNC(=O)c1ccc(NC(=O)/C=C/c2cc(Br)ccc2OC)cc1. The number of carbonyl (C=O) groups is 2. The molecule has 0 heterocycles. The maximum absolute atomic E-state index is 12.0. The maximum atomic E-state index is 12.0. The van der Waals surface area contributed by atoms with Gasteiger partial charge in [-0.15, -0.1) is 0 Å². The van der Waals surface area contributed by atoms with Gasteiger partial charge in [0.15, 0.2) is 0 Å². The fourth-order valence-corrected chi connectivity index (χ4v) is 2.41. The number of hydrogen-bond donors (Lipinski definition) is 2. The smallest absolute Gasteiger partial charge is 0.251 e. The molecule has 2 aromatic rings. The molecular formula is C18H17BrN2O3. The van der Waals surface area contributed by atoms with Crippen molar-refractivity contribution in [3.05, 3.63) is 64.1 Å². The summed E-state index contributed by atoms with van der Waals surface area (Å²) in [7, 11) is 3.15. The van der Waals surface area contributed by atoms with Gasteiger partial charge in [-0.05, 0) is 48.5 Å². The molecule has 2 aromatic carbocycles. The fraction of sp³-hybridized carbons (Fsp3) is 0.111. The predicted octanol–water partition coefficient (Wildman–Crippen LogP) is 3.47. The second kappa shape index (κ2) is 8.31. The van der Waals surface area contributed by atoms with E-state index in [1.165, 1.54) is 6.08 Å². The summed E-state index contributed by atoms with van der Waals surface area (Å²) in [5.41, 5.74) is 1.93. The van der Waals surface area contributed by atoms with Crippen LogP contribution in [0.3, 0.4) is 0 Å². The molecular weight excluding hydrogens is 372 g/mol. The van der Waals surface area contributed by atoms with Crippen molar-refractivity contribution in [1.82, 2.24) is 5.32 Å². The number of rotatable bonds is 5. The normalized spacial score (nSPS) is 10.5. The molecule has 0 aliphatic rings. The maximum Gasteiger partial charge on any atom is 0.251 e. The van der Waals surface area contributed by atoms with Crippen molar-refractivity contribution in [1.29, 1.82) is 0 Å². The highest BCUT2D eigenvalue weighted by atomic mass is 79.9.